The lowest BCUT2D eigenvalue weighted by atomic mass is 10.1. The predicted molar refractivity (Wildman–Crippen MR) is 91.0 cm³/mol. The van der Waals surface area contributed by atoms with Gasteiger partial charge < -0.3 is 10.6 Å². The van der Waals surface area contributed by atoms with Crippen molar-refractivity contribution >= 4 is 21.6 Å². The van der Waals surface area contributed by atoms with Crippen LogP contribution in [0.4, 0.5) is 0 Å². The summed E-state index contributed by atoms with van der Waals surface area (Å²) in [5.74, 6) is 0. The summed E-state index contributed by atoms with van der Waals surface area (Å²) in [4.78, 5) is 9.63. The van der Waals surface area contributed by atoms with E-state index in [2.05, 4.69) is 50.9 Å². The molecule has 0 radical (unpaired) electrons. The van der Waals surface area contributed by atoms with Gasteiger partial charge in [-0.25, -0.2) is 9.97 Å². The zero-order valence-corrected chi connectivity index (χ0v) is 13.1. The molecule has 1 aromatic carbocycles. The smallest absolute Gasteiger partial charge is 0.116 e. The molecule has 0 amide bonds. The SMILES string of the molecule is c1ncc2sc(-c3ccc(CNC4CCNC4)cc3)cc2n1. The maximum Gasteiger partial charge on any atom is 0.116 e. The highest BCUT2D eigenvalue weighted by molar-refractivity contribution is 7.22. The number of aromatic nitrogens is 2. The number of nitrogens with zero attached hydrogens (tertiary/aromatic N) is 2. The number of hydrogen-bond acceptors (Lipinski definition) is 5. The van der Waals surface area contributed by atoms with Crippen LogP contribution in [0, 0.1) is 0 Å². The third-order valence-electron chi connectivity index (χ3n) is 4.09. The summed E-state index contributed by atoms with van der Waals surface area (Å²) >= 11 is 1.74. The third kappa shape index (κ3) is 2.88. The molecule has 0 saturated carbocycles. The van der Waals surface area contributed by atoms with Crippen LogP contribution in [0.15, 0.2) is 42.9 Å². The Kier molecular flexibility index (Phi) is 3.84. The van der Waals surface area contributed by atoms with E-state index < -0.39 is 0 Å². The topological polar surface area (TPSA) is 49.8 Å². The van der Waals surface area contributed by atoms with Crippen LogP contribution in [0.3, 0.4) is 0 Å². The molecule has 22 heavy (non-hydrogen) atoms. The molecule has 5 heteroatoms. The lowest BCUT2D eigenvalue weighted by Crippen LogP contribution is -2.30. The lowest BCUT2D eigenvalue weighted by molar-refractivity contribution is 0.547. The second-order valence-electron chi connectivity index (χ2n) is 5.65. The van der Waals surface area contributed by atoms with Gasteiger partial charge in [-0.3, -0.25) is 0 Å². The van der Waals surface area contributed by atoms with Gasteiger partial charge in [0.15, 0.2) is 0 Å². The Morgan fingerprint density at radius 3 is 2.95 bits per heavy atom. The highest BCUT2D eigenvalue weighted by atomic mass is 32.1. The summed E-state index contributed by atoms with van der Waals surface area (Å²) in [6.07, 6.45) is 4.71. The minimum Gasteiger partial charge on any atom is -0.315 e. The summed E-state index contributed by atoms with van der Waals surface area (Å²) in [6, 6.07) is 11.6. The molecule has 1 fully saturated rings. The van der Waals surface area contributed by atoms with Crippen LogP contribution >= 0.6 is 11.3 Å². The summed E-state index contributed by atoms with van der Waals surface area (Å²) in [7, 11) is 0. The Bertz CT molecular complexity index is 727. The van der Waals surface area contributed by atoms with Crippen molar-refractivity contribution in [3.8, 4) is 10.4 Å². The second-order valence-corrected chi connectivity index (χ2v) is 6.73. The molecule has 2 N–H and O–H groups in total. The molecule has 3 heterocycles. The fourth-order valence-electron chi connectivity index (χ4n) is 2.81. The maximum atomic E-state index is 4.30. The maximum absolute atomic E-state index is 4.30. The number of nitrogens with one attached hydrogen (secondary N) is 2. The van der Waals surface area contributed by atoms with Gasteiger partial charge in [-0.2, -0.15) is 0 Å². The van der Waals surface area contributed by atoms with E-state index in [1.165, 1.54) is 22.4 Å². The molecule has 112 valence electrons. The van der Waals surface area contributed by atoms with E-state index in [0.29, 0.717) is 6.04 Å². The molecular weight excluding hydrogens is 292 g/mol. The zero-order valence-electron chi connectivity index (χ0n) is 12.2. The van der Waals surface area contributed by atoms with E-state index in [9.17, 15) is 0 Å². The molecular formula is C17H18N4S. The monoisotopic (exact) mass is 310 g/mol. The van der Waals surface area contributed by atoms with Crippen molar-refractivity contribution in [1.82, 2.24) is 20.6 Å². The first-order chi connectivity index (χ1) is 10.9. The van der Waals surface area contributed by atoms with E-state index in [1.807, 2.05) is 6.20 Å². The van der Waals surface area contributed by atoms with E-state index in [-0.39, 0.29) is 0 Å². The van der Waals surface area contributed by atoms with Gasteiger partial charge >= 0.3 is 0 Å². The first kappa shape index (κ1) is 13.8. The molecule has 3 aromatic rings. The van der Waals surface area contributed by atoms with Crippen molar-refractivity contribution in [2.45, 2.75) is 19.0 Å². The fraction of sp³-hybridized carbons (Fsp3) is 0.294. The first-order valence-electron chi connectivity index (χ1n) is 7.61. The molecule has 4 rings (SSSR count). The normalized spacial score (nSPS) is 18.1. The van der Waals surface area contributed by atoms with Gasteiger partial charge in [0.1, 0.15) is 6.33 Å². The van der Waals surface area contributed by atoms with Crippen LogP contribution < -0.4 is 10.6 Å². The minimum atomic E-state index is 0.612. The zero-order chi connectivity index (χ0) is 14.8. The standard InChI is InChI=1S/C17H18N4S/c1-3-13(16-7-15-17(22-16)10-19-11-21-15)4-2-12(1)8-20-14-5-6-18-9-14/h1-4,7,10-11,14,18,20H,5-6,8-9H2. The average molecular weight is 310 g/mol. The average Bonchev–Trinajstić information content (AvgIpc) is 3.22. The first-order valence-corrected chi connectivity index (χ1v) is 8.43. The molecule has 1 unspecified atom stereocenters. The Morgan fingerprint density at radius 1 is 1.27 bits per heavy atom. The molecule has 4 nitrogen and oxygen atoms in total. The highest BCUT2D eigenvalue weighted by Gasteiger charge is 2.13. The highest BCUT2D eigenvalue weighted by Crippen LogP contribution is 2.31. The molecule has 2 aromatic heterocycles. The molecule has 1 atom stereocenters. The Hall–Kier alpha value is -1.82. The van der Waals surface area contributed by atoms with E-state index in [4.69, 9.17) is 0 Å². The van der Waals surface area contributed by atoms with Crippen LogP contribution in [0.5, 0.6) is 0 Å². The molecule has 0 bridgehead atoms. The van der Waals surface area contributed by atoms with Crippen molar-refractivity contribution in [3.05, 3.63) is 48.4 Å². The van der Waals surface area contributed by atoms with Crippen LogP contribution in [0.1, 0.15) is 12.0 Å². The summed E-state index contributed by atoms with van der Waals surface area (Å²) in [6.45, 7) is 3.15. The van der Waals surface area contributed by atoms with Crippen LogP contribution in [-0.4, -0.2) is 29.1 Å². The van der Waals surface area contributed by atoms with Crippen molar-refractivity contribution in [2.75, 3.05) is 13.1 Å². The van der Waals surface area contributed by atoms with Crippen LogP contribution in [0.25, 0.3) is 20.7 Å². The Morgan fingerprint density at radius 2 is 2.18 bits per heavy atom. The number of rotatable bonds is 4. The van der Waals surface area contributed by atoms with Gasteiger partial charge in [0.05, 0.1) is 10.2 Å². The van der Waals surface area contributed by atoms with Crippen LogP contribution in [0.2, 0.25) is 0 Å². The molecule has 1 aliphatic rings. The molecule has 1 aliphatic heterocycles. The van der Waals surface area contributed by atoms with Crippen molar-refractivity contribution < 1.29 is 0 Å². The van der Waals surface area contributed by atoms with Crippen LogP contribution in [-0.2, 0) is 6.54 Å². The predicted octanol–water partition coefficient (Wildman–Crippen LogP) is 2.81. The van der Waals surface area contributed by atoms with Gasteiger partial charge in [-0.15, -0.1) is 11.3 Å². The summed E-state index contributed by atoms with van der Waals surface area (Å²) in [5, 5.41) is 6.98. The van der Waals surface area contributed by atoms with Gasteiger partial charge in [0.2, 0.25) is 0 Å². The third-order valence-corrected chi connectivity index (χ3v) is 5.20. The van der Waals surface area contributed by atoms with Gasteiger partial charge in [-0.05, 0) is 30.2 Å². The summed E-state index contributed by atoms with van der Waals surface area (Å²) in [5.41, 5.74) is 3.60. The van der Waals surface area contributed by atoms with Gasteiger partial charge in [0, 0.05) is 30.2 Å². The van der Waals surface area contributed by atoms with Gasteiger partial charge in [-0.1, -0.05) is 24.3 Å². The van der Waals surface area contributed by atoms with Crippen molar-refractivity contribution in [1.29, 1.82) is 0 Å². The Balaban J connectivity index is 1.48. The second kappa shape index (κ2) is 6.12. The Labute approximate surface area is 133 Å². The number of thiophene rings is 1. The number of benzene rings is 1. The van der Waals surface area contributed by atoms with Crippen molar-refractivity contribution in [3.63, 3.8) is 0 Å². The quantitative estimate of drug-likeness (QED) is 0.778. The minimum absolute atomic E-state index is 0.612. The van der Waals surface area contributed by atoms with E-state index in [1.54, 1.807) is 17.7 Å². The van der Waals surface area contributed by atoms with Crippen molar-refractivity contribution in [2.24, 2.45) is 0 Å². The van der Waals surface area contributed by atoms with E-state index >= 15 is 0 Å². The lowest BCUT2D eigenvalue weighted by Gasteiger charge is -2.11. The molecule has 1 saturated heterocycles. The molecule has 0 aliphatic carbocycles. The fourth-order valence-corrected chi connectivity index (χ4v) is 3.80. The van der Waals surface area contributed by atoms with Gasteiger partial charge in [0.25, 0.3) is 0 Å². The number of hydrogen-bond donors (Lipinski definition) is 2. The molecule has 0 spiro atoms. The van der Waals surface area contributed by atoms with E-state index in [0.717, 1.165) is 29.9 Å². The largest absolute Gasteiger partial charge is 0.315 e. The number of fused-ring (bicyclic) bond motifs is 1. The summed E-state index contributed by atoms with van der Waals surface area (Å²) < 4.78 is 1.14.